The maximum atomic E-state index is 5.20. The third-order valence-electron chi connectivity index (χ3n) is 7.15. The Hall–Kier alpha value is -4.76. The number of hydrogen-bond donors (Lipinski definition) is 0. The van der Waals surface area contributed by atoms with Crippen molar-refractivity contribution < 1.29 is 0 Å². The molecule has 0 N–H and O–H groups in total. The molecule has 2 aromatic heterocycles. The summed E-state index contributed by atoms with van der Waals surface area (Å²) < 4.78 is 2.33. The van der Waals surface area contributed by atoms with Gasteiger partial charge in [0, 0.05) is 33.0 Å². The van der Waals surface area contributed by atoms with Crippen molar-refractivity contribution in [3.05, 3.63) is 115 Å². The second-order valence-corrected chi connectivity index (χ2v) is 9.03. The van der Waals surface area contributed by atoms with Crippen molar-refractivity contribution >= 4 is 32.7 Å². The van der Waals surface area contributed by atoms with Gasteiger partial charge in [-0.15, -0.1) is 0 Å². The summed E-state index contributed by atoms with van der Waals surface area (Å²) in [5.74, 6) is 0.767. The Morgan fingerprint density at radius 3 is 2.06 bits per heavy atom. The number of rotatable bonds is 2. The molecule has 5 aromatic carbocycles. The van der Waals surface area contributed by atoms with Crippen LogP contribution in [0, 0.1) is 0 Å². The monoisotopic (exact) mass is 445 g/mol. The fourth-order valence-electron chi connectivity index (χ4n) is 5.71. The van der Waals surface area contributed by atoms with Crippen LogP contribution in [0.1, 0.15) is 0 Å². The van der Waals surface area contributed by atoms with E-state index in [1.54, 1.807) is 0 Å². The van der Waals surface area contributed by atoms with Gasteiger partial charge < -0.3 is 4.57 Å². The lowest BCUT2D eigenvalue weighted by molar-refractivity contribution is 1.18. The summed E-state index contributed by atoms with van der Waals surface area (Å²) in [5, 5.41) is 3.54. The molecular formula is C32H19N3. The van der Waals surface area contributed by atoms with E-state index in [9.17, 15) is 0 Å². The van der Waals surface area contributed by atoms with Gasteiger partial charge in [0.25, 0.3) is 0 Å². The minimum atomic E-state index is 0.767. The van der Waals surface area contributed by atoms with Crippen LogP contribution < -0.4 is 0 Å². The van der Waals surface area contributed by atoms with Crippen molar-refractivity contribution in [2.75, 3.05) is 0 Å². The van der Waals surface area contributed by atoms with Crippen LogP contribution in [0.15, 0.2) is 115 Å². The lowest BCUT2D eigenvalue weighted by Crippen LogP contribution is -1.95. The van der Waals surface area contributed by atoms with Crippen LogP contribution >= 0.6 is 0 Å². The van der Waals surface area contributed by atoms with E-state index in [2.05, 4.69) is 120 Å². The van der Waals surface area contributed by atoms with Gasteiger partial charge in [0.05, 0.1) is 22.2 Å². The highest BCUT2D eigenvalue weighted by molar-refractivity contribution is 6.17. The largest absolute Gasteiger partial charge is 0.309 e. The van der Waals surface area contributed by atoms with Crippen molar-refractivity contribution in [1.82, 2.24) is 14.5 Å². The molecule has 0 atom stereocenters. The molecule has 3 nitrogen and oxygen atoms in total. The Morgan fingerprint density at radius 2 is 1.14 bits per heavy atom. The summed E-state index contributed by atoms with van der Waals surface area (Å²) in [7, 11) is 0. The number of para-hydroxylation sites is 2. The molecule has 1 aliphatic rings. The summed E-state index contributed by atoms with van der Waals surface area (Å²) >= 11 is 0. The van der Waals surface area contributed by atoms with Crippen LogP contribution in [0.2, 0.25) is 0 Å². The van der Waals surface area contributed by atoms with Crippen molar-refractivity contribution in [2.45, 2.75) is 0 Å². The highest BCUT2D eigenvalue weighted by Gasteiger charge is 2.25. The standard InChI is InChI=1S/C32H19N3/c1-2-10-20(11-3-1)35-27-18-7-6-14-24(27)29-25(16-9-19-28(29)35)32-33-26-17-8-15-22-21-12-4-5-13-23(21)31(34-32)30(22)26/h1-19H. The van der Waals surface area contributed by atoms with Crippen LogP contribution in [0.25, 0.3) is 72.2 Å². The number of fused-ring (bicyclic) bond motifs is 6. The van der Waals surface area contributed by atoms with Gasteiger partial charge in [-0.05, 0) is 41.5 Å². The molecule has 3 heteroatoms. The smallest absolute Gasteiger partial charge is 0.161 e. The van der Waals surface area contributed by atoms with Gasteiger partial charge in [-0.3, -0.25) is 0 Å². The molecule has 0 amide bonds. The average molecular weight is 446 g/mol. The van der Waals surface area contributed by atoms with Crippen molar-refractivity contribution in [2.24, 2.45) is 0 Å². The fourth-order valence-corrected chi connectivity index (χ4v) is 5.71. The summed E-state index contributed by atoms with van der Waals surface area (Å²) in [4.78, 5) is 10.3. The Morgan fingerprint density at radius 1 is 0.457 bits per heavy atom. The highest BCUT2D eigenvalue weighted by atomic mass is 15.0. The average Bonchev–Trinajstić information content (AvgIpc) is 3.44. The van der Waals surface area contributed by atoms with Gasteiger partial charge in [-0.25, -0.2) is 9.97 Å². The molecule has 162 valence electrons. The molecule has 0 saturated heterocycles. The number of benzene rings is 5. The van der Waals surface area contributed by atoms with Crippen LogP contribution in [0.5, 0.6) is 0 Å². The van der Waals surface area contributed by atoms with Gasteiger partial charge in [0.2, 0.25) is 0 Å². The van der Waals surface area contributed by atoms with Crippen molar-refractivity contribution in [1.29, 1.82) is 0 Å². The molecule has 0 radical (unpaired) electrons. The number of nitrogens with zero attached hydrogens (tertiary/aromatic N) is 3. The first kappa shape index (κ1) is 18.6. The predicted octanol–water partition coefficient (Wildman–Crippen LogP) is 8.04. The molecular weight excluding hydrogens is 426 g/mol. The molecule has 0 unspecified atom stereocenters. The first-order chi connectivity index (χ1) is 17.4. The molecule has 0 saturated carbocycles. The van der Waals surface area contributed by atoms with E-state index in [4.69, 9.17) is 9.97 Å². The molecule has 35 heavy (non-hydrogen) atoms. The highest BCUT2D eigenvalue weighted by Crippen LogP contribution is 2.47. The normalized spacial score (nSPS) is 12.0. The molecule has 0 spiro atoms. The second kappa shape index (κ2) is 6.87. The topological polar surface area (TPSA) is 30.7 Å². The van der Waals surface area contributed by atoms with Crippen molar-refractivity contribution in [3.63, 3.8) is 0 Å². The Bertz CT molecular complexity index is 1950. The maximum absolute atomic E-state index is 5.20. The van der Waals surface area contributed by atoms with E-state index in [0.29, 0.717) is 0 Å². The summed E-state index contributed by atoms with van der Waals surface area (Å²) in [6.07, 6.45) is 0. The summed E-state index contributed by atoms with van der Waals surface area (Å²) in [5.41, 5.74) is 10.2. The van der Waals surface area contributed by atoms with Gasteiger partial charge in [-0.2, -0.15) is 0 Å². The molecule has 0 aliphatic heterocycles. The SMILES string of the molecule is c1ccc(-n2c3ccccc3c3c(-c4nc5c6c(cccc6n4)-c4ccccc4-5)cccc32)cc1. The van der Waals surface area contributed by atoms with Gasteiger partial charge in [0.1, 0.15) is 0 Å². The zero-order chi connectivity index (χ0) is 22.9. The van der Waals surface area contributed by atoms with Crippen molar-refractivity contribution in [3.8, 4) is 39.5 Å². The zero-order valence-corrected chi connectivity index (χ0v) is 18.8. The van der Waals surface area contributed by atoms with Gasteiger partial charge in [-0.1, -0.05) is 84.9 Å². The van der Waals surface area contributed by atoms with E-state index in [-0.39, 0.29) is 0 Å². The minimum Gasteiger partial charge on any atom is -0.309 e. The molecule has 1 aliphatic carbocycles. The number of aromatic nitrogens is 3. The molecule has 8 rings (SSSR count). The van der Waals surface area contributed by atoms with E-state index in [0.717, 1.165) is 39.2 Å². The molecule has 0 fully saturated rings. The third-order valence-corrected chi connectivity index (χ3v) is 7.15. The van der Waals surface area contributed by atoms with Crippen LogP contribution in [-0.2, 0) is 0 Å². The molecule has 0 bridgehead atoms. The second-order valence-electron chi connectivity index (χ2n) is 9.03. The lowest BCUT2D eigenvalue weighted by Gasteiger charge is -2.09. The van der Waals surface area contributed by atoms with Crippen LogP contribution in [0.3, 0.4) is 0 Å². The molecule has 7 aromatic rings. The van der Waals surface area contributed by atoms with E-state index >= 15 is 0 Å². The van der Waals surface area contributed by atoms with Crippen LogP contribution in [-0.4, -0.2) is 14.5 Å². The van der Waals surface area contributed by atoms with E-state index < -0.39 is 0 Å². The van der Waals surface area contributed by atoms with Gasteiger partial charge in [0.15, 0.2) is 5.82 Å². The maximum Gasteiger partial charge on any atom is 0.161 e. The van der Waals surface area contributed by atoms with Crippen LogP contribution in [0.4, 0.5) is 0 Å². The number of hydrogen-bond acceptors (Lipinski definition) is 2. The lowest BCUT2D eigenvalue weighted by atomic mass is 10.0. The third kappa shape index (κ3) is 2.50. The fraction of sp³-hybridized carbons (Fsp3) is 0. The minimum absolute atomic E-state index is 0.767. The quantitative estimate of drug-likeness (QED) is 0.269. The first-order valence-electron chi connectivity index (χ1n) is 11.9. The molecule has 2 heterocycles. The first-order valence-corrected chi connectivity index (χ1v) is 11.9. The van der Waals surface area contributed by atoms with E-state index in [1.165, 1.54) is 33.0 Å². The van der Waals surface area contributed by atoms with Gasteiger partial charge >= 0.3 is 0 Å². The Kier molecular flexibility index (Phi) is 3.66. The predicted molar refractivity (Wildman–Crippen MR) is 144 cm³/mol. The summed E-state index contributed by atoms with van der Waals surface area (Å²) in [6.45, 7) is 0. The Labute approximate surface area is 202 Å². The van der Waals surface area contributed by atoms with E-state index in [1.807, 2.05) is 0 Å². The Balaban J connectivity index is 1.49. The zero-order valence-electron chi connectivity index (χ0n) is 18.8. The summed E-state index contributed by atoms with van der Waals surface area (Å²) in [6, 6.07) is 40.5.